The standard InChI is InChI=1S/C19H13F3N4O3.C11H11F3N4O/c1-29-15-7-6-14(26-9-13(17(21)22)23-24-26)12(16(15)20)8-25-18(27)10-4-2-3-5-11(10)19(25)28;1-19-9-3-2-8(6(4-15)10(9)12)18-5-7(11(13)14)16-17-18/h2-7,9,17H,8H2,1H3;2-3,5,11H,4,15H2,1H3. The number of aromatic nitrogens is 6. The van der Waals surface area contributed by atoms with Crippen LogP contribution < -0.4 is 15.2 Å². The van der Waals surface area contributed by atoms with Crippen LogP contribution in [-0.4, -0.2) is 60.9 Å². The predicted molar refractivity (Wildman–Crippen MR) is 154 cm³/mol. The number of hydrogen-bond acceptors (Lipinski definition) is 9. The number of nitrogens with zero attached hydrogens (tertiary/aromatic N) is 7. The first-order valence-corrected chi connectivity index (χ1v) is 13.8. The van der Waals surface area contributed by atoms with Gasteiger partial charge in [0, 0.05) is 17.7 Å². The molecule has 0 atom stereocenters. The first kappa shape index (κ1) is 33.6. The highest BCUT2D eigenvalue weighted by atomic mass is 19.3. The van der Waals surface area contributed by atoms with Crippen LogP contribution in [0.1, 0.15) is 56.1 Å². The van der Waals surface area contributed by atoms with Gasteiger partial charge in [-0.1, -0.05) is 22.6 Å². The molecule has 3 aromatic carbocycles. The van der Waals surface area contributed by atoms with Gasteiger partial charge in [-0.05, 0) is 36.4 Å². The molecule has 0 saturated heterocycles. The van der Waals surface area contributed by atoms with Gasteiger partial charge >= 0.3 is 0 Å². The molecule has 0 saturated carbocycles. The number of methoxy groups -OCH3 is 2. The van der Waals surface area contributed by atoms with E-state index in [1.165, 1.54) is 50.6 Å². The normalized spacial score (nSPS) is 12.4. The Morgan fingerprint density at radius 2 is 1.15 bits per heavy atom. The van der Waals surface area contributed by atoms with E-state index in [1.807, 2.05) is 0 Å². The molecule has 0 fully saturated rings. The molecular formula is C30H24F6N8O4. The Balaban J connectivity index is 0.000000206. The van der Waals surface area contributed by atoms with Gasteiger partial charge in [-0.2, -0.15) is 0 Å². The molecule has 1 aliphatic rings. The number of fused-ring (bicyclic) bond motifs is 1. The maximum Gasteiger partial charge on any atom is 0.283 e. The molecule has 0 bridgehead atoms. The first-order valence-electron chi connectivity index (χ1n) is 13.8. The number of carbonyl (C=O) groups excluding carboxylic acids is 2. The number of carbonyl (C=O) groups is 2. The third kappa shape index (κ3) is 6.28. The van der Waals surface area contributed by atoms with Gasteiger partial charge < -0.3 is 15.2 Å². The van der Waals surface area contributed by atoms with Crippen molar-refractivity contribution in [2.45, 2.75) is 25.9 Å². The van der Waals surface area contributed by atoms with Crippen LogP contribution in [0.25, 0.3) is 11.4 Å². The lowest BCUT2D eigenvalue weighted by Gasteiger charge is -2.18. The van der Waals surface area contributed by atoms with Gasteiger partial charge in [-0.25, -0.2) is 35.7 Å². The molecule has 1 aliphatic heterocycles. The van der Waals surface area contributed by atoms with E-state index >= 15 is 4.39 Å². The van der Waals surface area contributed by atoms with Crippen LogP contribution >= 0.6 is 0 Å². The van der Waals surface area contributed by atoms with Gasteiger partial charge in [-0.15, -0.1) is 10.2 Å². The number of nitrogens with two attached hydrogens (primary N) is 1. The van der Waals surface area contributed by atoms with Gasteiger partial charge in [0.25, 0.3) is 24.7 Å². The zero-order valence-electron chi connectivity index (χ0n) is 25.0. The van der Waals surface area contributed by atoms with E-state index in [-0.39, 0.29) is 51.7 Å². The molecule has 0 aliphatic carbocycles. The molecule has 0 radical (unpaired) electrons. The lowest BCUT2D eigenvalue weighted by atomic mass is 10.1. The van der Waals surface area contributed by atoms with Gasteiger partial charge in [-0.3, -0.25) is 14.5 Å². The number of hydrogen-bond donors (Lipinski definition) is 1. The summed E-state index contributed by atoms with van der Waals surface area (Å²) in [7, 11) is 2.58. The van der Waals surface area contributed by atoms with E-state index < -0.39 is 54.2 Å². The van der Waals surface area contributed by atoms with Crippen molar-refractivity contribution in [3.8, 4) is 22.9 Å². The van der Waals surface area contributed by atoms with Gasteiger partial charge in [0.15, 0.2) is 23.1 Å². The Hall–Kier alpha value is -5.78. The van der Waals surface area contributed by atoms with Crippen molar-refractivity contribution in [2.24, 2.45) is 5.73 Å². The molecule has 2 aromatic heterocycles. The van der Waals surface area contributed by atoms with E-state index in [0.29, 0.717) is 0 Å². The number of benzene rings is 3. The molecule has 48 heavy (non-hydrogen) atoms. The van der Waals surface area contributed by atoms with Crippen LogP contribution in [-0.2, 0) is 13.1 Å². The maximum atomic E-state index is 15.0. The fourth-order valence-corrected chi connectivity index (χ4v) is 4.80. The minimum Gasteiger partial charge on any atom is -0.494 e. The van der Waals surface area contributed by atoms with E-state index in [4.69, 9.17) is 15.2 Å². The summed E-state index contributed by atoms with van der Waals surface area (Å²) in [6.45, 7) is -0.559. The number of halogens is 6. The van der Waals surface area contributed by atoms with Crippen LogP contribution in [0.3, 0.4) is 0 Å². The Morgan fingerprint density at radius 3 is 1.54 bits per heavy atom. The summed E-state index contributed by atoms with van der Waals surface area (Å²) in [6, 6.07) is 11.8. The molecule has 0 spiro atoms. The van der Waals surface area contributed by atoms with Crippen molar-refractivity contribution in [1.29, 1.82) is 0 Å². The largest absolute Gasteiger partial charge is 0.494 e. The lowest BCUT2D eigenvalue weighted by molar-refractivity contribution is 0.0640. The summed E-state index contributed by atoms with van der Waals surface area (Å²) in [5, 5.41) is 13.8. The lowest BCUT2D eigenvalue weighted by Crippen LogP contribution is -2.30. The molecule has 5 aromatic rings. The third-order valence-corrected chi connectivity index (χ3v) is 7.17. The second-order valence-electron chi connectivity index (χ2n) is 9.88. The number of amides is 2. The predicted octanol–water partition coefficient (Wildman–Crippen LogP) is 4.96. The Labute approximate surface area is 267 Å². The van der Waals surface area contributed by atoms with Crippen molar-refractivity contribution in [2.75, 3.05) is 14.2 Å². The molecule has 18 heteroatoms. The first-order chi connectivity index (χ1) is 23.0. The molecule has 250 valence electrons. The molecule has 12 nitrogen and oxygen atoms in total. The maximum absolute atomic E-state index is 15.0. The second kappa shape index (κ2) is 13.9. The number of imide groups is 1. The molecule has 2 N–H and O–H groups in total. The van der Waals surface area contributed by atoms with Crippen molar-refractivity contribution < 1.29 is 45.4 Å². The molecule has 3 heterocycles. The Kier molecular flexibility index (Phi) is 9.74. The number of alkyl halides is 4. The van der Waals surface area contributed by atoms with E-state index in [9.17, 15) is 31.5 Å². The SMILES string of the molecule is COc1ccc(-n2cc(C(F)F)nn2)c(CN)c1F.COc1ccc(-n2cc(C(F)F)nn2)c(CN2C(=O)c3ccccc3C2=O)c1F. The Bertz CT molecular complexity index is 1950. The highest BCUT2D eigenvalue weighted by Crippen LogP contribution is 2.32. The highest BCUT2D eigenvalue weighted by Gasteiger charge is 2.36. The van der Waals surface area contributed by atoms with Gasteiger partial charge in [0.1, 0.15) is 11.4 Å². The third-order valence-electron chi connectivity index (χ3n) is 7.17. The Morgan fingerprint density at radius 1 is 0.708 bits per heavy atom. The van der Waals surface area contributed by atoms with Crippen molar-refractivity contribution in [1.82, 2.24) is 34.9 Å². The summed E-state index contributed by atoms with van der Waals surface area (Å²) in [4.78, 5) is 26.2. The highest BCUT2D eigenvalue weighted by molar-refractivity contribution is 6.21. The number of ether oxygens (including phenoxy) is 2. The van der Waals surface area contributed by atoms with Gasteiger partial charge in [0.2, 0.25) is 0 Å². The smallest absolute Gasteiger partial charge is 0.283 e. The van der Waals surface area contributed by atoms with Crippen LogP contribution in [0.5, 0.6) is 11.5 Å². The summed E-state index contributed by atoms with van der Waals surface area (Å²) >= 11 is 0. The van der Waals surface area contributed by atoms with Crippen molar-refractivity contribution in [3.63, 3.8) is 0 Å². The fraction of sp³-hybridized carbons (Fsp3) is 0.200. The number of rotatable bonds is 9. The van der Waals surface area contributed by atoms with Crippen LogP contribution in [0.2, 0.25) is 0 Å². The summed E-state index contributed by atoms with van der Waals surface area (Å²) in [5.74, 6) is -2.74. The average molecular weight is 675 g/mol. The molecule has 2 amide bonds. The molecule has 0 unspecified atom stereocenters. The van der Waals surface area contributed by atoms with Crippen LogP contribution in [0.15, 0.2) is 60.9 Å². The zero-order valence-corrected chi connectivity index (χ0v) is 25.0. The van der Waals surface area contributed by atoms with Gasteiger partial charge in [0.05, 0.1) is 55.7 Å². The van der Waals surface area contributed by atoms with E-state index in [1.54, 1.807) is 12.1 Å². The van der Waals surface area contributed by atoms with Crippen LogP contribution in [0, 0.1) is 11.6 Å². The van der Waals surface area contributed by atoms with Crippen LogP contribution in [0.4, 0.5) is 26.3 Å². The minimum absolute atomic E-state index is 0.0263. The summed E-state index contributed by atoms with van der Waals surface area (Å²) < 4.78 is 91.5. The van der Waals surface area contributed by atoms with E-state index in [2.05, 4.69) is 20.6 Å². The second-order valence-corrected chi connectivity index (χ2v) is 9.88. The quantitative estimate of drug-likeness (QED) is 0.170. The molecule has 6 rings (SSSR count). The molecular weight excluding hydrogens is 650 g/mol. The summed E-state index contributed by atoms with van der Waals surface area (Å²) in [6.07, 6.45) is -3.60. The summed E-state index contributed by atoms with van der Waals surface area (Å²) in [5.41, 5.74) is 5.12. The van der Waals surface area contributed by atoms with Crippen molar-refractivity contribution in [3.05, 3.63) is 106 Å². The monoisotopic (exact) mass is 674 g/mol. The van der Waals surface area contributed by atoms with E-state index in [0.717, 1.165) is 26.7 Å². The fourth-order valence-electron chi connectivity index (χ4n) is 4.80. The van der Waals surface area contributed by atoms with Crippen molar-refractivity contribution >= 4 is 11.8 Å². The minimum atomic E-state index is -2.86. The topological polar surface area (TPSA) is 143 Å². The average Bonchev–Trinajstić information content (AvgIpc) is 3.83. The zero-order chi connectivity index (χ0) is 34.7.